The van der Waals surface area contributed by atoms with Crippen LogP contribution < -0.4 is 0 Å². The summed E-state index contributed by atoms with van der Waals surface area (Å²) in [6.07, 6.45) is 0.489. The van der Waals surface area contributed by atoms with Crippen LogP contribution in [0.25, 0.3) is 0 Å². The number of nitrogens with zero attached hydrogens (tertiary/aromatic N) is 1. The first-order valence-corrected chi connectivity index (χ1v) is 8.37. The summed E-state index contributed by atoms with van der Waals surface area (Å²) in [5, 5.41) is 9.61. The molecule has 2 aliphatic heterocycles. The molecule has 2 heterocycles. The van der Waals surface area contributed by atoms with Crippen molar-refractivity contribution in [2.24, 2.45) is 11.3 Å². The molecule has 1 aromatic carbocycles. The number of rotatable bonds is 4. The van der Waals surface area contributed by atoms with Crippen LogP contribution in [0, 0.1) is 11.3 Å². The van der Waals surface area contributed by atoms with E-state index in [0.29, 0.717) is 38.5 Å². The summed E-state index contributed by atoms with van der Waals surface area (Å²) in [5.74, 6) is -0.548. The van der Waals surface area contributed by atoms with Gasteiger partial charge in [-0.1, -0.05) is 18.2 Å². The Bertz CT molecular complexity index is 565. The minimum absolute atomic E-state index is 0.00359. The molecule has 0 unspecified atom stereocenters. The van der Waals surface area contributed by atoms with Crippen LogP contribution in [0.5, 0.6) is 0 Å². The van der Waals surface area contributed by atoms with Crippen molar-refractivity contribution in [2.45, 2.75) is 11.3 Å². The summed E-state index contributed by atoms with van der Waals surface area (Å²) in [6.45, 7) is 1.69. The number of carbonyl (C=O) groups is 2. The molecule has 22 heavy (non-hydrogen) atoms. The highest BCUT2D eigenvalue weighted by Gasteiger charge is 2.54. The minimum Gasteiger partial charge on any atom is -0.481 e. The van der Waals surface area contributed by atoms with Crippen molar-refractivity contribution < 1.29 is 19.4 Å². The Morgan fingerprint density at radius 3 is 2.82 bits per heavy atom. The van der Waals surface area contributed by atoms with Crippen molar-refractivity contribution in [1.82, 2.24) is 4.90 Å². The molecular weight excluding hydrogens is 302 g/mol. The van der Waals surface area contributed by atoms with Gasteiger partial charge in [-0.05, 0) is 18.6 Å². The number of ether oxygens (including phenoxy) is 1. The number of carboxylic acid groups (broad SMARTS) is 1. The average molecular weight is 321 g/mol. The molecule has 0 aliphatic carbocycles. The molecule has 2 aliphatic rings. The third kappa shape index (κ3) is 2.85. The molecule has 6 heteroatoms. The molecule has 5 nitrogen and oxygen atoms in total. The second-order valence-electron chi connectivity index (χ2n) is 5.86. The van der Waals surface area contributed by atoms with Crippen molar-refractivity contribution >= 4 is 23.6 Å². The van der Waals surface area contributed by atoms with Gasteiger partial charge in [0.2, 0.25) is 5.91 Å². The van der Waals surface area contributed by atoms with E-state index < -0.39 is 11.4 Å². The third-order valence-electron chi connectivity index (χ3n) is 4.59. The molecule has 0 saturated carbocycles. The first-order valence-electron chi connectivity index (χ1n) is 7.38. The number of carboxylic acids is 1. The van der Waals surface area contributed by atoms with Crippen LogP contribution in [-0.4, -0.2) is 53.9 Å². The number of thioether (sulfide) groups is 1. The molecule has 3 rings (SSSR count). The number of likely N-dealkylation sites (tertiary alicyclic amines) is 1. The Balaban J connectivity index is 1.63. The van der Waals surface area contributed by atoms with Crippen molar-refractivity contribution in [3.8, 4) is 0 Å². The molecular formula is C16H19NO4S. The lowest BCUT2D eigenvalue weighted by molar-refractivity contribution is -0.157. The molecule has 1 amide bonds. The molecule has 2 atom stereocenters. The van der Waals surface area contributed by atoms with Gasteiger partial charge in [-0.15, -0.1) is 11.8 Å². The molecule has 1 aromatic rings. The first-order chi connectivity index (χ1) is 10.6. The Kier molecular flexibility index (Phi) is 4.40. The van der Waals surface area contributed by atoms with Crippen molar-refractivity contribution in [1.29, 1.82) is 0 Å². The van der Waals surface area contributed by atoms with Gasteiger partial charge in [0.15, 0.2) is 0 Å². The third-order valence-corrected chi connectivity index (χ3v) is 5.59. The van der Waals surface area contributed by atoms with Crippen LogP contribution in [-0.2, 0) is 14.3 Å². The van der Waals surface area contributed by atoms with Crippen LogP contribution >= 0.6 is 11.8 Å². The summed E-state index contributed by atoms with van der Waals surface area (Å²) in [6, 6.07) is 9.75. The summed E-state index contributed by atoms with van der Waals surface area (Å²) in [5.41, 5.74) is -0.814. The topological polar surface area (TPSA) is 66.8 Å². The van der Waals surface area contributed by atoms with Gasteiger partial charge in [-0.25, -0.2) is 0 Å². The quantitative estimate of drug-likeness (QED) is 0.856. The van der Waals surface area contributed by atoms with Gasteiger partial charge in [0, 0.05) is 30.5 Å². The van der Waals surface area contributed by atoms with Crippen molar-refractivity contribution in [2.75, 3.05) is 32.1 Å². The Labute approximate surface area is 133 Å². The van der Waals surface area contributed by atoms with Crippen molar-refractivity contribution in [3.05, 3.63) is 30.3 Å². The molecule has 118 valence electrons. The lowest BCUT2D eigenvalue weighted by atomic mass is 9.74. The molecule has 0 aromatic heterocycles. The normalized spacial score (nSPS) is 27.5. The number of fused-ring (bicyclic) bond motifs is 1. The highest BCUT2D eigenvalue weighted by atomic mass is 32.2. The lowest BCUT2D eigenvalue weighted by Gasteiger charge is -2.33. The van der Waals surface area contributed by atoms with Gasteiger partial charge in [0.1, 0.15) is 0 Å². The van der Waals surface area contributed by atoms with Crippen LogP contribution in [0.3, 0.4) is 0 Å². The second kappa shape index (κ2) is 6.30. The fourth-order valence-electron chi connectivity index (χ4n) is 3.24. The van der Waals surface area contributed by atoms with Gasteiger partial charge in [-0.3, -0.25) is 9.59 Å². The van der Waals surface area contributed by atoms with Crippen LogP contribution in [0.1, 0.15) is 6.42 Å². The summed E-state index contributed by atoms with van der Waals surface area (Å²) < 4.78 is 5.41. The van der Waals surface area contributed by atoms with Crippen LogP contribution in [0.15, 0.2) is 35.2 Å². The van der Waals surface area contributed by atoms with Gasteiger partial charge in [-0.2, -0.15) is 0 Å². The zero-order chi connectivity index (χ0) is 15.6. The van der Waals surface area contributed by atoms with E-state index in [9.17, 15) is 14.7 Å². The molecule has 0 spiro atoms. The Hall–Kier alpha value is -1.53. The fourth-order valence-corrected chi connectivity index (χ4v) is 4.06. The molecule has 2 saturated heterocycles. The van der Waals surface area contributed by atoms with Crippen molar-refractivity contribution in [3.63, 3.8) is 0 Å². The number of aliphatic carboxylic acids is 1. The maximum Gasteiger partial charge on any atom is 0.311 e. The fraction of sp³-hybridized carbons (Fsp3) is 0.500. The largest absolute Gasteiger partial charge is 0.481 e. The van der Waals surface area contributed by atoms with E-state index in [-0.39, 0.29) is 11.8 Å². The predicted octanol–water partition coefficient (Wildman–Crippen LogP) is 1.73. The number of benzene rings is 1. The maximum atomic E-state index is 12.4. The van der Waals surface area contributed by atoms with E-state index in [1.807, 2.05) is 30.3 Å². The van der Waals surface area contributed by atoms with E-state index in [0.717, 1.165) is 4.90 Å². The smallest absolute Gasteiger partial charge is 0.311 e. The summed E-state index contributed by atoms with van der Waals surface area (Å²) in [4.78, 5) is 26.8. The van der Waals surface area contributed by atoms with Crippen LogP contribution in [0.4, 0.5) is 0 Å². The van der Waals surface area contributed by atoms with E-state index in [1.165, 1.54) is 11.8 Å². The molecule has 1 N–H and O–H groups in total. The van der Waals surface area contributed by atoms with Crippen LogP contribution in [0.2, 0.25) is 0 Å². The molecule has 2 fully saturated rings. The SMILES string of the molecule is O=C(CSc1ccccc1)N1C[C@H]2COCC[C@@]2(C(=O)O)C1. The summed E-state index contributed by atoms with van der Waals surface area (Å²) in [7, 11) is 0. The van der Waals surface area contributed by atoms with Gasteiger partial charge in [0.25, 0.3) is 0 Å². The van der Waals surface area contributed by atoms with Gasteiger partial charge in [0.05, 0.1) is 17.8 Å². The van der Waals surface area contributed by atoms with Gasteiger partial charge >= 0.3 is 5.97 Å². The second-order valence-corrected chi connectivity index (χ2v) is 6.91. The number of hydrogen-bond acceptors (Lipinski definition) is 4. The first kappa shape index (κ1) is 15.4. The highest BCUT2D eigenvalue weighted by Crippen LogP contribution is 2.42. The number of hydrogen-bond donors (Lipinski definition) is 1. The van der Waals surface area contributed by atoms with E-state index in [1.54, 1.807) is 4.90 Å². The van der Waals surface area contributed by atoms with E-state index in [2.05, 4.69) is 0 Å². The highest BCUT2D eigenvalue weighted by molar-refractivity contribution is 8.00. The maximum absolute atomic E-state index is 12.4. The average Bonchev–Trinajstić information content (AvgIpc) is 2.95. The zero-order valence-corrected chi connectivity index (χ0v) is 13.1. The molecule has 0 bridgehead atoms. The summed E-state index contributed by atoms with van der Waals surface area (Å²) >= 11 is 1.49. The standard InChI is InChI=1S/C16H19NO4S/c18-14(10-22-13-4-2-1-3-5-13)17-8-12-9-21-7-6-16(12,11-17)15(19)20/h1-5,12H,6-11H2,(H,19,20)/t12-,16+/m0/s1. The molecule has 0 radical (unpaired) electrons. The monoisotopic (exact) mass is 321 g/mol. The zero-order valence-electron chi connectivity index (χ0n) is 12.2. The minimum atomic E-state index is -0.814. The lowest BCUT2D eigenvalue weighted by Crippen LogP contribution is -2.45. The number of carbonyl (C=O) groups excluding carboxylic acids is 1. The Morgan fingerprint density at radius 2 is 2.14 bits per heavy atom. The van der Waals surface area contributed by atoms with E-state index in [4.69, 9.17) is 4.74 Å². The van der Waals surface area contributed by atoms with Gasteiger partial charge < -0.3 is 14.7 Å². The Morgan fingerprint density at radius 1 is 1.36 bits per heavy atom. The number of amides is 1. The van der Waals surface area contributed by atoms with E-state index >= 15 is 0 Å². The predicted molar refractivity (Wildman–Crippen MR) is 82.7 cm³/mol.